The molecule has 0 aliphatic carbocycles. The van der Waals surface area contributed by atoms with E-state index in [0.717, 1.165) is 31.5 Å². The van der Waals surface area contributed by atoms with Crippen LogP contribution in [-0.4, -0.2) is 87.8 Å². The van der Waals surface area contributed by atoms with Crippen LogP contribution in [0.5, 0.6) is 0 Å². The Labute approximate surface area is 182 Å². The third kappa shape index (κ3) is 5.43. The van der Waals surface area contributed by atoms with E-state index in [1.807, 2.05) is 18.1 Å². The first-order valence-corrected chi connectivity index (χ1v) is 11.1. The van der Waals surface area contributed by atoms with Gasteiger partial charge in [-0.15, -0.1) is 0 Å². The fourth-order valence-electron chi connectivity index (χ4n) is 4.73. The molecule has 3 aliphatic heterocycles. The van der Waals surface area contributed by atoms with Crippen molar-refractivity contribution in [3.8, 4) is 0 Å². The Morgan fingerprint density at radius 1 is 1.29 bits per heavy atom. The average Bonchev–Trinajstić information content (AvgIpc) is 3.41. The molecule has 0 spiro atoms. The highest BCUT2D eigenvalue weighted by atomic mass is 16.6. The predicted octanol–water partition coefficient (Wildman–Crippen LogP) is -0.687. The number of aliphatic hydroxyl groups is 1. The van der Waals surface area contributed by atoms with Crippen molar-refractivity contribution in [3.63, 3.8) is 0 Å². The van der Waals surface area contributed by atoms with Gasteiger partial charge < -0.3 is 30.1 Å². The highest BCUT2D eigenvalue weighted by molar-refractivity contribution is 5.76. The first kappa shape index (κ1) is 22.2. The molecule has 3 N–H and O–H groups in total. The summed E-state index contributed by atoms with van der Waals surface area (Å²) in [5, 5.41) is 21.1. The van der Waals surface area contributed by atoms with Crippen LogP contribution in [0.1, 0.15) is 38.2 Å². The number of piperidine rings is 1. The molecule has 0 aromatic carbocycles. The van der Waals surface area contributed by atoms with Crippen molar-refractivity contribution in [2.45, 2.75) is 75.7 Å². The Morgan fingerprint density at radius 2 is 2.06 bits per heavy atom. The zero-order valence-electron chi connectivity index (χ0n) is 18.2. The number of aromatic nitrogens is 2. The van der Waals surface area contributed by atoms with Crippen LogP contribution >= 0.6 is 0 Å². The van der Waals surface area contributed by atoms with Crippen LogP contribution in [0.15, 0.2) is 12.4 Å². The number of likely N-dealkylation sites (tertiary alicyclic amines) is 1. The van der Waals surface area contributed by atoms with Crippen molar-refractivity contribution in [3.05, 3.63) is 18.0 Å². The number of nitrogens with zero attached hydrogens (tertiary/aromatic N) is 3. The van der Waals surface area contributed by atoms with Crippen LogP contribution in [0.2, 0.25) is 0 Å². The summed E-state index contributed by atoms with van der Waals surface area (Å²) in [6, 6.07) is 0.323. The number of ether oxygens (including phenoxy) is 2. The summed E-state index contributed by atoms with van der Waals surface area (Å²) in [7, 11) is 1.84. The van der Waals surface area contributed by atoms with Gasteiger partial charge in [0.15, 0.2) is 0 Å². The largest absolute Gasteiger partial charge is 0.388 e. The van der Waals surface area contributed by atoms with Gasteiger partial charge in [0.05, 0.1) is 30.9 Å². The highest BCUT2D eigenvalue weighted by Crippen LogP contribution is 2.35. The van der Waals surface area contributed by atoms with Crippen LogP contribution in [0.25, 0.3) is 0 Å². The molecule has 1 aromatic heterocycles. The molecular weight excluding hydrogens is 402 g/mol. The van der Waals surface area contributed by atoms with Crippen molar-refractivity contribution < 1.29 is 24.2 Å². The molecule has 3 fully saturated rings. The number of aliphatic hydroxyl groups excluding tert-OH is 1. The number of rotatable bonds is 7. The monoisotopic (exact) mass is 435 g/mol. The molecule has 10 nitrogen and oxygen atoms in total. The van der Waals surface area contributed by atoms with Crippen molar-refractivity contribution in [2.24, 2.45) is 7.05 Å². The Kier molecular flexibility index (Phi) is 6.90. The zero-order chi connectivity index (χ0) is 22.0. The molecule has 31 heavy (non-hydrogen) atoms. The number of aryl methyl sites for hydroxylation is 1. The lowest BCUT2D eigenvalue weighted by Crippen LogP contribution is -2.47. The Morgan fingerprint density at radius 3 is 2.71 bits per heavy atom. The van der Waals surface area contributed by atoms with Crippen molar-refractivity contribution in [1.29, 1.82) is 0 Å². The minimum atomic E-state index is -0.710. The fraction of sp³-hybridized carbons (Fsp3) is 0.762. The second kappa shape index (κ2) is 9.64. The maximum Gasteiger partial charge on any atom is 0.222 e. The van der Waals surface area contributed by atoms with Gasteiger partial charge >= 0.3 is 0 Å². The minimum absolute atomic E-state index is 0.0848. The number of hydrogen-bond acceptors (Lipinski definition) is 7. The van der Waals surface area contributed by atoms with E-state index < -0.39 is 6.10 Å². The van der Waals surface area contributed by atoms with Gasteiger partial charge in [0.25, 0.3) is 0 Å². The maximum atomic E-state index is 12.2. The molecule has 3 aliphatic rings. The molecule has 10 heteroatoms. The molecule has 172 valence electrons. The third-order valence-electron chi connectivity index (χ3n) is 6.49. The van der Waals surface area contributed by atoms with Gasteiger partial charge in [0.1, 0.15) is 12.2 Å². The van der Waals surface area contributed by atoms with Crippen LogP contribution in [0.4, 0.5) is 0 Å². The Balaban J connectivity index is 1.16. The lowest BCUT2D eigenvalue weighted by molar-refractivity contribution is -0.130. The average molecular weight is 436 g/mol. The number of nitrogens with one attached hydrogen (secondary N) is 2. The standard InChI is InChI=1S/C21H33N5O5/c1-13(27)26-5-3-15(4-6-26)22-11-18-20(29)21-17(31-18)7-16(30-21)8-19(28)23-9-14-10-24-25(2)12-14/h10,12,15-18,20-22,29H,3-9,11H2,1-2H3,(H,23,28)/t16-,17+,18+,20+,21-/m0/s1. The van der Waals surface area contributed by atoms with Crippen molar-refractivity contribution >= 4 is 11.8 Å². The summed E-state index contributed by atoms with van der Waals surface area (Å²) in [5.41, 5.74) is 0.945. The smallest absolute Gasteiger partial charge is 0.222 e. The molecule has 2 amide bonds. The number of carbonyl (C=O) groups excluding carboxylic acids is 2. The molecule has 0 unspecified atom stereocenters. The normalized spacial score (nSPS) is 31.1. The molecule has 0 bridgehead atoms. The lowest BCUT2D eigenvalue weighted by atomic mass is 10.0. The summed E-state index contributed by atoms with van der Waals surface area (Å²) in [6.45, 7) is 4.12. The molecule has 0 radical (unpaired) electrons. The van der Waals surface area contributed by atoms with E-state index in [4.69, 9.17) is 9.47 Å². The molecule has 1 aromatic rings. The fourth-order valence-corrected chi connectivity index (χ4v) is 4.73. The molecular formula is C21H33N5O5. The first-order chi connectivity index (χ1) is 14.9. The molecule has 0 saturated carbocycles. The van der Waals surface area contributed by atoms with E-state index in [1.165, 1.54) is 0 Å². The summed E-state index contributed by atoms with van der Waals surface area (Å²) in [6.07, 6.45) is 4.41. The summed E-state index contributed by atoms with van der Waals surface area (Å²) < 4.78 is 13.7. The Bertz CT molecular complexity index is 778. The molecule has 4 rings (SSSR count). The molecule has 3 saturated heterocycles. The lowest BCUT2D eigenvalue weighted by Gasteiger charge is -2.32. The van der Waals surface area contributed by atoms with E-state index in [0.29, 0.717) is 25.6 Å². The number of hydrogen-bond donors (Lipinski definition) is 3. The van der Waals surface area contributed by atoms with Crippen LogP contribution in [0.3, 0.4) is 0 Å². The second-order valence-electron chi connectivity index (χ2n) is 8.85. The number of fused-ring (bicyclic) bond motifs is 1. The second-order valence-corrected chi connectivity index (χ2v) is 8.85. The van der Waals surface area contributed by atoms with Crippen LogP contribution in [-0.2, 0) is 32.7 Å². The Hall–Kier alpha value is -2.01. The van der Waals surface area contributed by atoms with Gasteiger partial charge in [-0.2, -0.15) is 5.10 Å². The van der Waals surface area contributed by atoms with Gasteiger partial charge in [-0.1, -0.05) is 0 Å². The van der Waals surface area contributed by atoms with E-state index in [1.54, 1.807) is 17.8 Å². The topological polar surface area (TPSA) is 118 Å². The van der Waals surface area contributed by atoms with Crippen molar-refractivity contribution in [1.82, 2.24) is 25.3 Å². The van der Waals surface area contributed by atoms with Crippen molar-refractivity contribution in [2.75, 3.05) is 19.6 Å². The van der Waals surface area contributed by atoms with E-state index in [9.17, 15) is 14.7 Å². The van der Waals surface area contributed by atoms with Gasteiger partial charge in [0.2, 0.25) is 11.8 Å². The van der Waals surface area contributed by atoms with E-state index in [-0.39, 0.29) is 42.7 Å². The van der Waals surface area contributed by atoms with Gasteiger partial charge in [0, 0.05) is 64.4 Å². The van der Waals surface area contributed by atoms with Crippen LogP contribution in [0, 0.1) is 0 Å². The summed E-state index contributed by atoms with van der Waals surface area (Å²) in [4.78, 5) is 25.5. The summed E-state index contributed by atoms with van der Waals surface area (Å²) >= 11 is 0. The molecule has 4 heterocycles. The predicted molar refractivity (Wildman–Crippen MR) is 111 cm³/mol. The first-order valence-electron chi connectivity index (χ1n) is 11.1. The minimum Gasteiger partial charge on any atom is -0.388 e. The maximum absolute atomic E-state index is 12.2. The quantitative estimate of drug-likeness (QED) is 0.519. The van der Waals surface area contributed by atoms with E-state index in [2.05, 4.69) is 15.7 Å². The third-order valence-corrected chi connectivity index (χ3v) is 6.49. The number of carbonyl (C=O) groups is 2. The van der Waals surface area contributed by atoms with Gasteiger partial charge in [-0.25, -0.2) is 0 Å². The SMILES string of the molecule is CC(=O)N1CCC(NC[C@H]2O[C@@H]3C[C@@H](CC(=O)NCc4cnn(C)c4)O[C@@H]3[C@@H]2O)CC1. The van der Waals surface area contributed by atoms with Gasteiger partial charge in [-0.05, 0) is 12.8 Å². The zero-order valence-corrected chi connectivity index (χ0v) is 18.2. The van der Waals surface area contributed by atoms with Crippen LogP contribution < -0.4 is 10.6 Å². The van der Waals surface area contributed by atoms with E-state index >= 15 is 0 Å². The summed E-state index contributed by atoms with van der Waals surface area (Å²) in [5.74, 6) is 0.0386. The number of amides is 2. The van der Waals surface area contributed by atoms with Gasteiger partial charge in [-0.3, -0.25) is 14.3 Å². The highest BCUT2D eigenvalue weighted by Gasteiger charge is 2.50. The molecule has 5 atom stereocenters.